The Balaban J connectivity index is 1.35. The Morgan fingerprint density at radius 1 is 1.31 bits per heavy atom. The minimum Gasteiger partial charge on any atom is -0.381 e. The van der Waals surface area contributed by atoms with Gasteiger partial charge in [-0.05, 0) is 25.5 Å². The molecule has 0 aliphatic carbocycles. The molecule has 2 aliphatic rings. The molecule has 2 fully saturated rings. The van der Waals surface area contributed by atoms with E-state index >= 15 is 0 Å². The van der Waals surface area contributed by atoms with Crippen LogP contribution in [0.3, 0.4) is 0 Å². The van der Waals surface area contributed by atoms with E-state index in [1.54, 1.807) is 11.3 Å². The lowest BCUT2D eigenvalue weighted by Crippen LogP contribution is -2.52. The normalized spacial score (nSPS) is 21.1. The van der Waals surface area contributed by atoms with E-state index in [9.17, 15) is 4.79 Å². The number of carbonyl (C=O) groups is 1. The Bertz CT molecular complexity index is 816. The first-order valence-corrected chi connectivity index (χ1v) is 11.0. The van der Waals surface area contributed by atoms with E-state index in [1.807, 2.05) is 36.6 Å². The van der Waals surface area contributed by atoms with Crippen molar-refractivity contribution in [3.05, 3.63) is 34.7 Å². The largest absolute Gasteiger partial charge is 0.381 e. The second-order valence-corrected chi connectivity index (χ2v) is 8.57. The third-order valence-corrected chi connectivity index (χ3v) is 6.30. The standard InChI is InChI=1S/C21H28N4O3S/c1-15-23-19(14-29-15)16-3-2-4-18(11-16)24-21(26)22-12-20(17-5-8-28-13-17)25-6-9-27-10-7-25/h2-4,11,14,17,20H,5-10,12-13H2,1H3,(H2,22,24,26). The number of nitrogens with one attached hydrogen (secondary N) is 2. The molecule has 4 rings (SSSR count). The fraction of sp³-hybridized carbons (Fsp3) is 0.524. The molecular formula is C21H28N4O3S. The van der Waals surface area contributed by atoms with Gasteiger partial charge in [0, 0.05) is 54.8 Å². The maximum absolute atomic E-state index is 12.6. The molecule has 1 aromatic heterocycles. The van der Waals surface area contributed by atoms with Gasteiger partial charge in [-0.2, -0.15) is 0 Å². The van der Waals surface area contributed by atoms with Crippen molar-refractivity contribution in [1.29, 1.82) is 0 Å². The fourth-order valence-corrected chi connectivity index (χ4v) is 4.61. The maximum atomic E-state index is 12.6. The lowest BCUT2D eigenvalue weighted by molar-refractivity contribution is 0.00222. The van der Waals surface area contributed by atoms with Gasteiger partial charge in [0.1, 0.15) is 0 Å². The van der Waals surface area contributed by atoms with Crippen molar-refractivity contribution < 1.29 is 14.3 Å². The number of aromatic nitrogens is 1. The van der Waals surface area contributed by atoms with Gasteiger partial charge in [0.15, 0.2) is 0 Å². The van der Waals surface area contributed by atoms with Crippen LogP contribution in [0.25, 0.3) is 11.3 Å². The summed E-state index contributed by atoms with van der Waals surface area (Å²) in [6.45, 7) is 7.47. The third kappa shape index (κ3) is 5.33. The number of ether oxygens (including phenoxy) is 2. The van der Waals surface area contributed by atoms with E-state index < -0.39 is 0 Å². The number of morpholine rings is 1. The second kappa shape index (κ2) is 9.67. The molecule has 0 radical (unpaired) electrons. The number of rotatable bonds is 6. The first-order valence-electron chi connectivity index (χ1n) is 10.2. The molecule has 8 heteroatoms. The molecule has 2 atom stereocenters. The van der Waals surface area contributed by atoms with Crippen LogP contribution in [0.4, 0.5) is 10.5 Å². The summed E-state index contributed by atoms with van der Waals surface area (Å²) >= 11 is 1.62. The lowest BCUT2D eigenvalue weighted by Gasteiger charge is -2.37. The summed E-state index contributed by atoms with van der Waals surface area (Å²) in [6, 6.07) is 7.88. The molecule has 2 unspecified atom stereocenters. The van der Waals surface area contributed by atoms with E-state index in [0.717, 1.165) is 67.9 Å². The monoisotopic (exact) mass is 416 g/mol. The smallest absolute Gasteiger partial charge is 0.319 e. The average molecular weight is 417 g/mol. The van der Waals surface area contributed by atoms with Gasteiger partial charge in [-0.25, -0.2) is 9.78 Å². The molecule has 2 aliphatic heterocycles. The number of anilines is 1. The van der Waals surface area contributed by atoms with Crippen LogP contribution in [-0.2, 0) is 9.47 Å². The number of nitrogens with zero attached hydrogens (tertiary/aromatic N) is 2. The van der Waals surface area contributed by atoms with Gasteiger partial charge in [0.05, 0.1) is 30.5 Å². The van der Waals surface area contributed by atoms with Crippen molar-refractivity contribution in [3.8, 4) is 11.3 Å². The average Bonchev–Trinajstić information content (AvgIpc) is 3.41. The topological polar surface area (TPSA) is 75.7 Å². The van der Waals surface area contributed by atoms with Gasteiger partial charge < -0.3 is 20.1 Å². The molecule has 7 nitrogen and oxygen atoms in total. The summed E-state index contributed by atoms with van der Waals surface area (Å²) in [5.74, 6) is 0.449. The highest BCUT2D eigenvalue weighted by Crippen LogP contribution is 2.24. The maximum Gasteiger partial charge on any atom is 0.319 e. The zero-order chi connectivity index (χ0) is 20.1. The summed E-state index contributed by atoms with van der Waals surface area (Å²) in [6.07, 6.45) is 1.04. The number of hydrogen-bond acceptors (Lipinski definition) is 6. The molecule has 156 valence electrons. The van der Waals surface area contributed by atoms with E-state index in [4.69, 9.17) is 9.47 Å². The highest BCUT2D eigenvalue weighted by Gasteiger charge is 2.31. The van der Waals surface area contributed by atoms with Gasteiger partial charge in [0.25, 0.3) is 0 Å². The number of amides is 2. The highest BCUT2D eigenvalue weighted by molar-refractivity contribution is 7.09. The molecular weight excluding hydrogens is 388 g/mol. The number of aryl methyl sites for hydroxylation is 1. The van der Waals surface area contributed by atoms with Crippen LogP contribution in [0.1, 0.15) is 11.4 Å². The van der Waals surface area contributed by atoms with Crippen LogP contribution in [0, 0.1) is 12.8 Å². The predicted octanol–water partition coefficient (Wildman–Crippen LogP) is 2.98. The Morgan fingerprint density at radius 2 is 2.17 bits per heavy atom. The SMILES string of the molecule is Cc1nc(-c2cccc(NC(=O)NCC(C3CCOC3)N3CCOCC3)c2)cs1. The minimum absolute atomic E-state index is 0.186. The molecule has 2 aromatic rings. The zero-order valence-electron chi connectivity index (χ0n) is 16.7. The van der Waals surface area contributed by atoms with Crippen LogP contribution < -0.4 is 10.6 Å². The van der Waals surface area contributed by atoms with Crippen molar-refractivity contribution >= 4 is 23.1 Å². The first-order chi connectivity index (χ1) is 14.2. The van der Waals surface area contributed by atoms with Crippen molar-refractivity contribution in [3.63, 3.8) is 0 Å². The van der Waals surface area contributed by atoms with Gasteiger partial charge in [-0.1, -0.05) is 12.1 Å². The number of carbonyl (C=O) groups excluding carboxylic acids is 1. The van der Waals surface area contributed by atoms with E-state index in [2.05, 4.69) is 20.5 Å². The molecule has 1 aromatic carbocycles. The molecule has 0 spiro atoms. The van der Waals surface area contributed by atoms with Crippen LogP contribution in [0.15, 0.2) is 29.6 Å². The summed E-state index contributed by atoms with van der Waals surface area (Å²) in [5.41, 5.74) is 2.70. The Labute approximate surface area is 175 Å². The zero-order valence-corrected chi connectivity index (χ0v) is 17.5. The van der Waals surface area contributed by atoms with Crippen molar-refractivity contribution in [1.82, 2.24) is 15.2 Å². The number of thiazole rings is 1. The van der Waals surface area contributed by atoms with Gasteiger partial charge in [-0.3, -0.25) is 4.90 Å². The van der Waals surface area contributed by atoms with Crippen molar-refractivity contribution in [2.75, 3.05) is 51.4 Å². The third-order valence-electron chi connectivity index (χ3n) is 5.53. The van der Waals surface area contributed by atoms with Crippen LogP contribution >= 0.6 is 11.3 Å². The first kappa shape index (κ1) is 20.3. The van der Waals surface area contributed by atoms with E-state index in [0.29, 0.717) is 12.5 Å². The summed E-state index contributed by atoms with van der Waals surface area (Å²) in [5, 5.41) is 9.09. The number of benzene rings is 1. The Morgan fingerprint density at radius 3 is 2.90 bits per heavy atom. The van der Waals surface area contributed by atoms with Gasteiger partial charge in [0.2, 0.25) is 0 Å². The Hall–Kier alpha value is -2.00. The van der Waals surface area contributed by atoms with Crippen molar-refractivity contribution in [2.24, 2.45) is 5.92 Å². The van der Waals surface area contributed by atoms with Crippen LogP contribution in [0.5, 0.6) is 0 Å². The second-order valence-electron chi connectivity index (χ2n) is 7.51. The molecule has 2 N–H and O–H groups in total. The van der Waals surface area contributed by atoms with E-state index in [1.165, 1.54) is 0 Å². The molecule has 2 saturated heterocycles. The van der Waals surface area contributed by atoms with Crippen LogP contribution in [-0.4, -0.2) is 68.0 Å². The van der Waals surface area contributed by atoms with Crippen LogP contribution in [0.2, 0.25) is 0 Å². The molecule has 3 heterocycles. The lowest BCUT2D eigenvalue weighted by atomic mass is 9.97. The van der Waals surface area contributed by atoms with Crippen molar-refractivity contribution in [2.45, 2.75) is 19.4 Å². The molecule has 0 bridgehead atoms. The molecule has 2 amide bonds. The van der Waals surface area contributed by atoms with Gasteiger partial charge >= 0.3 is 6.03 Å². The molecule has 0 saturated carbocycles. The Kier molecular flexibility index (Phi) is 6.76. The predicted molar refractivity (Wildman–Crippen MR) is 114 cm³/mol. The van der Waals surface area contributed by atoms with Gasteiger partial charge in [-0.15, -0.1) is 11.3 Å². The summed E-state index contributed by atoms with van der Waals surface area (Å²) < 4.78 is 11.1. The number of hydrogen-bond donors (Lipinski definition) is 2. The minimum atomic E-state index is -0.186. The fourth-order valence-electron chi connectivity index (χ4n) is 3.98. The number of urea groups is 1. The molecule has 29 heavy (non-hydrogen) atoms. The summed E-state index contributed by atoms with van der Waals surface area (Å²) in [4.78, 5) is 19.5. The quantitative estimate of drug-likeness (QED) is 0.757. The summed E-state index contributed by atoms with van der Waals surface area (Å²) in [7, 11) is 0. The van der Waals surface area contributed by atoms with E-state index in [-0.39, 0.29) is 12.1 Å². The highest BCUT2D eigenvalue weighted by atomic mass is 32.1.